The number of likely N-dealkylation sites (tertiary alicyclic amines) is 1. The van der Waals surface area contributed by atoms with E-state index in [1.807, 2.05) is 0 Å². The Morgan fingerprint density at radius 3 is 2.75 bits per heavy atom. The van der Waals surface area contributed by atoms with E-state index in [2.05, 4.69) is 15.5 Å². The molecule has 2 heterocycles. The number of hydrogen-bond acceptors (Lipinski definition) is 5. The summed E-state index contributed by atoms with van der Waals surface area (Å²) >= 11 is 6.22. The molecule has 0 saturated carbocycles. The van der Waals surface area contributed by atoms with Crippen LogP contribution < -0.4 is 4.74 Å². The number of carbonyl (C=O) groups excluding carboxylic acids is 1. The fraction of sp³-hybridized carbons (Fsp3) is 0.333. The lowest BCUT2D eigenvalue weighted by Gasteiger charge is -2.31. The van der Waals surface area contributed by atoms with Crippen molar-refractivity contribution >= 4 is 17.5 Å². The maximum Gasteiger partial charge on any atom is 0.257 e. The highest BCUT2D eigenvalue weighted by atomic mass is 35.5. The fourth-order valence-corrected chi connectivity index (χ4v) is 2.27. The van der Waals surface area contributed by atoms with Crippen LogP contribution in [0.4, 0.5) is 0 Å². The first kappa shape index (κ1) is 12.9. The lowest BCUT2D eigenvalue weighted by atomic mass is 10.1. The highest BCUT2D eigenvalue weighted by Crippen LogP contribution is 2.30. The number of tetrazole rings is 1. The highest BCUT2D eigenvalue weighted by Gasteiger charge is 2.25. The Balaban J connectivity index is 2.03. The third kappa shape index (κ3) is 2.09. The standard InChI is InChI=1S/C12H12ClN5O2/c1-20-11-6-10(18-7-14-15-16-18)9(13)5-8(11)12(19)17-3-2-4-17/h5-7H,2-4H2,1H3. The quantitative estimate of drug-likeness (QED) is 0.849. The number of ether oxygens (including phenoxy) is 1. The summed E-state index contributed by atoms with van der Waals surface area (Å²) in [5.41, 5.74) is 1.02. The van der Waals surface area contributed by atoms with E-state index in [1.165, 1.54) is 18.1 Å². The summed E-state index contributed by atoms with van der Waals surface area (Å²) in [6.07, 6.45) is 2.46. The third-order valence-electron chi connectivity index (χ3n) is 3.24. The van der Waals surface area contributed by atoms with Crippen molar-refractivity contribution < 1.29 is 9.53 Å². The molecular formula is C12H12ClN5O2. The van der Waals surface area contributed by atoms with E-state index < -0.39 is 0 Å². The molecule has 104 valence electrons. The van der Waals surface area contributed by atoms with Crippen LogP contribution >= 0.6 is 11.6 Å². The smallest absolute Gasteiger partial charge is 0.257 e. The van der Waals surface area contributed by atoms with Gasteiger partial charge in [0.1, 0.15) is 12.1 Å². The number of benzene rings is 1. The van der Waals surface area contributed by atoms with Crippen molar-refractivity contribution in [2.45, 2.75) is 6.42 Å². The first-order valence-corrected chi connectivity index (χ1v) is 6.48. The van der Waals surface area contributed by atoms with Crippen molar-refractivity contribution in [3.8, 4) is 11.4 Å². The summed E-state index contributed by atoms with van der Waals surface area (Å²) in [6, 6.07) is 3.25. The lowest BCUT2D eigenvalue weighted by Crippen LogP contribution is -2.42. The van der Waals surface area contributed by atoms with Crippen molar-refractivity contribution in [1.29, 1.82) is 0 Å². The van der Waals surface area contributed by atoms with Gasteiger partial charge in [0.25, 0.3) is 5.91 Å². The molecular weight excluding hydrogens is 282 g/mol. The zero-order valence-corrected chi connectivity index (χ0v) is 11.5. The number of amides is 1. The first-order chi connectivity index (χ1) is 9.70. The molecule has 0 spiro atoms. The number of halogens is 1. The largest absolute Gasteiger partial charge is 0.496 e. The van der Waals surface area contributed by atoms with E-state index in [1.54, 1.807) is 17.0 Å². The average molecular weight is 294 g/mol. The zero-order chi connectivity index (χ0) is 14.1. The second-order valence-corrected chi connectivity index (χ2v) is 4.81. The van der Waals surface area contributed by atoms with Crippen LogP contribution in [0.3, 0.4) is 0 Å². The van der Waals surface area contributed by atoms with Crippen molar-refractivity contribution in [1.82, 2.24) is 25.1 Å². The normalized spacial score (nSPS) is 14.0. The minimum Gasteiger partial charge on any atom is -0.496 e. The summed E-state index contributed by atoms with van der Waals surface area (Å²) in [7, 11) is 1.51. The second kappa shape index (κ2) is 5.09. The lowest BCUT2D eigenvalue weighted by molar-refractivity contribution is 0.0648. The predicted molar refractivity (Wildman–Crippen MR) is 71.2 cm³/mol. The van der Waals surface area contributed by atoms with Crippen LogP contribution in [0, 0.1) is 0 Å². The van der Waals surface area contributed by atoms with Crippen LogP contribution in [0.5, 0.6) is 5.75 Å². The molecule has 0 radical (unpaired) electrons. The zero-order valence-electron chi connectivity index (χ0n) is 10.8. The van der Waals surface area contributed by atoms with E-state index in [0.29, 0.717) is 22.0 Å². The van der Waals surface area contributed by atoms with Crippen LogP contribution in [-0.2, 0) is 0 Å². The Morgan fingerprint density at radius 2 is 2.20 bits per heavy atom. The van der Waals surface area contributed by atoms with Gasteiger partial charge in [0, 0.05) is 19.2 Å². The summed E-state index contributed by atoms with van der Waals surface area (Å²) in [5.74, 6) is 0.384. The average Bonchev–Trinajstić information content (AvgIpc) is 2.90. The van der Waals surface area contributed by atoms with Crippen LogP contribution in [0.15, 0.2) is 18.5 Å². The Kier molecular flexibility index (Phi) is 3.27. The number of nitrogens with zero attached hydrogens (tertiary/aromatic N) is 5. The van der Waals surface area contributed by atoms with E-state index in [0.717, 1.165) is 19.5 Å². The minimum atomic E-state index is -0.0711. The minimum absolute atomic E-state index is 0.0711. The molecule has 1 amide bonds. The fourth-order valence-electron chi connectivity index (χ4n) is 2.02. The topological polar surface area (TPSA) is 73.1 Å². The van der Waals surface area contributed by atoms with Crippen molar-refractivity contribution in [3.05, 3.63) is 29.0 Å². The van der Waals surface area contributed by atoms with Gasteiger partial charge in [0.2, 0.25) is 0 Å². The van der Waals surface area contributed by atoms with Crippen LogP contribution in [0.1, 0.15) is 16.8 Å². The molecule has 7 nitrogen and oxygen atoms in total. The summed E-state index contributed by atoms with van der Waals surface area (Å²) in [4.78, 5) is 14.1. The van der Waals surface area contributed by atoms with E-state index in [-0.39, 0.29) is 5.91 Å². The number of rotatable bonds is 3. The van der Waals surface area contributed by atoms with Crippen molar-refractivity contribution in [3.63, 3.8) is 0 Å². The Hall–Kier alpha value is -2.15. The molecule has 0 aliphatic carbocycles. The SMILES string of the molecule is COc1cc(-n2cnnn2)c(Cl)cc1C(=O)N1CCC1. The van der Waals surface area contributed by atoms with Crippen LogP contribution in [-0.4, -0.2) is 51.2 Å². The van der Waals surface area contributed by atoms with Gasteiger partial charge in [-0.25, -0.2) is 0 Å². The monoisotopic (exact) mass is 293 g/mol. The molecule has 3 rings (SSSR count). The molecule has 1 aliphatic heterocycles. The van der Waals surface area contributed by atoms with E-state index in [9.17, 15) is 4.79 Å². The van der Waals surface area contributed by atoms with Crippen molar-refractivity contribution in [2.75, 3.05) is 20.2 Å². The third-order valence-corrected chi connectivity index (χ3v) is 3.54. The van der Waals surface area contributed by atoms with Gasteiger partial charge in [-0.2, -0.15) is 4.68 Å². The van der Waals surface area contributed by atoms with Gasteiger partial charge >= 0.3 is 0 Å². The molecule has 0 unspecified atom stereocenters. The van der Waals surface area contributed by atoms with Gasteiger partial charge in [0.05, 0.1) is 23.4 Å². The molecule has 1 aliphatic rings. The molecule has 1 fully saturated rings. The maximum atomic E-state index is 12.3. The Morgan fingerprint density at radius 1 is 1.40 bits per heavy atom. The van der Waals surface area contributed by atoms with E-state index in [4.69, 9.17) is 16.3 Å². The van der Waals surface area contributed by atoms with Gasteiger partial charge in [0.15, 0.2) is 0 Å². The number of hydrogen-bond donors (Lipinski definition) is 0. The van der Waals surface area contributed by atoms with Gasteiger partial charge in [-0.3, -0.25) is 4.79 Å². The number of methoxy groups -OCH3 is 1. The Bertz CT molecular complexity index is 640. The molecule has 20 heavy (non-hydrogen) atoms. The van der Waals surface area contributed by atoms with Crippen LogP contribution in [0.25, 0.3) is 5.69 Å². The van der Waals surface area contributed by atoms with Gasteiger partial charge in [-0.15, -0.1) is 5.10 Å². The highest BCUT2D eigenvalue weighted by molar-refractivity contribution is 6.33. The van der Waals surface area contributed by atoms with Crippen molar-refractivity contribution in [2.24, 2.45) is 0 Å². The number of aromatic nitrogens is 4. The molecule has 1 aromatic heterocycles. The van der Waals surface area contributed by atoms with Gasteiger partial charge in [-0.1, -0.05) is 11.6 Å². The van der Waals surface area contributed by atoms with E-state index >= 15 is 0 Å². The number of carbonyl (C=O) groups is 1. The molecule has 1 saturated heterocycles. The molecule has 0 atom stereocenters. The maximum absolute atomic E-state index is 12.3. The molecule has 2 aromatic rings. The predicted octanol–water partition coefficient (Wildman–Crippen LogP) is 1.17. The van der Waals surface area contributed by atoms with Gasteiger partial charge in [-0.05, 0) is 22.9 Å². The van der Waals surface area contributed by atoms with Crippen LogP contribution in [0.2, 0.25) is 5.02 Å². The Labute approximate surface area is 120 Å². The summed E-state index contributed by atoms with van der Waals surface area (Å²) in [6.45, 7) is 1.54. The summed E-state index contributed by atoms with van der Waals surface area (Å²) in [5, 5.41) is 11.3. The van der Waals surface area contributed by atoms with Gasteiger partial charge < -0.3 is 9.64 Å². The summed E-state index contributed by atoms with van der Waals surface area (Å²) < 4.78 is 6.71. The molecule has 1 aromatic carbocycles. The molecule has 0 bridgehead atoms. The molecule has 8 heteroatoms. The molecule has 0 N–H and O–H groups in total. The first-order valence-electron chi connectivity index (χ1n) is 6.11. The second-order valence-electron chi connectivity index (χ2n) is 4.40.